The first-order valence-electron chi connectivity index (χ1n) is 7.25. The lowest BCUT2D eigenvalue weighted by molar-refractivity contribution is -0.144. The summed E-state index contributed by atoms with van der Waals surface area (Å²) in [5, 5.41) is 2.44. The summed E-state index contributed by atoms with van der Waals surface area (Å²) in [6, 6.07) is 7.19. The van der Waals surface area contributed by atoms with Crippen molar-refractivity contribution in [3.63, 3.8) is 0 Å². The first-order chi connectivity index (χ1) is 10.7. The zero-order chi connectivity index (χ0) is 17.5. The summed E-state index contributed by atoms with van der Waals surface area (Å²) in [5.41, 5.74) is 0.422. The highest BCUT2D eigenvalue weighted by atomic mass is 127. The number of hydrogen-bond acceptors (Lipinski definition) is 4. The zero-order valence-electron chi connectivity index (χ0n) is 13.8. The SMILES string of the molecule is CC(NC(=O)OC(C)(C)C)C(=O)OC/C=C/c1ccc(I)cc1. The zero-order valence-corrected chi connectivity index (χ0v) is 15.9. The maximum absolute atomic E-state index is 11.8. The van der Waals surface area contributed by atoms with Crippen molar-refractivity contribution in [1.29, 1.82) is 0 Å². The summed E-state index contributed by atoms with van der Waals surface area (Å²) in [4.78, 5) is 23.3. The van der Waals surface area contributed by atoms with E-state index in [1.165, 1.54) is 0 Å². The number of ether oxygens (including phenoxy) is 2. The van der Waals surface area contributed by atoms with Gasteiger partial charge in [0.15, 0.2) is 0 Å². The number of alkyl carbamates (subject to hydrolysis) is 1. The minimum absolute atomic E-state index is 0.144. The second kappa shape index (κ2) is 8.90. The molecule has 0 aliphatic carbocycles. The number of esters is 1. The van der Waals surface area contributed by atoms with E-state index in [2.05, 4.69) is 27.9 Å². The molecule has 0 saturated heterocycles. The topological polar surface area (TPSA) is 64.6 Å². The van der Waals surface area contributed by atoms with Crippen LogP contribution in [0.25, 0.3) is 6.08 Å². The van der Waals surface area contributed by atoms with Crippen molar-refractivity contribution in [2.24, 2.45) is 0 Å². The molecule has 0 aromatic heterocycles. The predicted molar refractivity (Wildman–Crippen MR) is 98.0 cm³/mol. The van der Waals surface area contributed by atoms with E-state index in [1.807, 2.05) is 30.3 Å². The van der Waals surface area contributed by atoms with Gasteiger partial charge in [-0.15, -0.1) is 0 Å². The average molecular weight is 431 g/mol. The number of benzene rings is 1. The van der Waals surface area contributed by atoms with Crippen LogP contribution in [-0.2, 0) is 14.3 Å². The van der Waals surface area contributed by atoms with E-state index in [0.717, 1.165) is 9.13 Å². The van der Waals surface area contributed by atoms with Gasteiger partial charge < -0.3 is 14.8 Å². The standard InChI is InChI=1S/C17H22INO4/c1-12(19-16(21)23-17(2,3)4)15(20)22-11-5-6-13-7-9-14(18)10-8-13/h5-10,12H,11H2,1-4H3,(H,19,21)/b6-5+. The van der Waals surface area contributed by atoms with Crippen LogP contribution >= 0.6 is 22.6 Å². The molecule has 1 atom stereocenters. The van der Waals surface area contributed by atoms with E-state index in [1.54, 1.807) is 33.8 Å². The Kier molecular flexibility index (Phi) is 7.54. The van der Waals surface area contributed by atoms with Gasteiger partial charge >= 0.3 is 12.1 Å². The molecule has 0 spiro atoms. The van der Waals surface area contributed by atoms with Crippen LogP contribution in [0.4, 0.5) is 4.79 Å². The normalized spacial score (nSPS) is 12.7. The molecule has 1 aromatic rings. The second-order valence-corrected chi connectivity index (χ2v) is 7.20. The molecular weight excluding hydrogens is 409 g/mol. The van der Waals surface area contributed by atoms with Crippen LogP contribution in [0, 0.1) is 3.57 Å². The highest BCUT2D eigenvalue weighted by Crippen LogP contribution is 2.08. The molecule has 0 radical (unpaired) electrons. The molecule has 1 amide bonds. The molecule has 0 aliphatic heterocycles. The maximum Gasteiger partial charge on any atom is 0.408 e. The Morgan fingerprint density at radius 1 is 1.26 bits per heavy atom. The maximum atomic E-state index is 11.8. The van der Waals surface area contributed by atoms with Crippen molar-refractivity contribution in [2.45, 2.75) is 39.3 Å². The minimum atomic E-state index is -0.767. The van der Waals surface area contributed by atoms with Gasteiger partial charge in [0.25, 0.3) is 0 Å². The van der Waals surface area contributed by atoms with Crippen molar-refractivity contribution < 1.29 is 19.1 Å². The third kappa shape index (κ3) is 8.59. The van der Waals surface area contributed by atoms with Gasteiger partial charge in [-0.25, -0.2) is 9.59 Å². The molecular formula is C17H22INO4. The minimum Gasteiger partial charge on any atom is -0.460 e. The molecule has 6 heteroatoms. The van der Waals surface area contributed by atoms with Crippen molar-refractivity contribution in [1.82, 2.24) is 5.32 Å². The fraction of sp³-hybridized carbons (Fsp3) is 0.412. The van der Waals surface area contributed by atoms with E-state index in [0.29, 0.717) is 0 Å². The van der Waals surface area contributed by atoms with Gasteiger partial charge in [-0.1, -0.05) is 18.2 Å². The van der Waals surface area contributed by atoms with Crippen molar-refractivity contribution in [3.8, 4) is 0 Å². The summed E-state index contributed by atoms with van der Waals surface area (Å²) in [6.07, 6.45) is 2.98. The first-order valence-corrected chi connectivity index (χ1v) is 8.33. The molecule has 1 unspecified atom stereocenters. The predicted octanol–water partition coefficient (Wildman–Crippen LogP) is 3.76. The van der Waals surface area contributed by atoms with Gasteiger partial charge in [0.1, 0.15) is 18.2 Å². The smallest absolute Gasteiger partial charge is 0.408 e. The summed E-state index contributed by atoms with van der Waals surface area (Å²) < 4.78 is 11.3. The van der Waals surface area contributed by atoms with E-state index >= 15 is 0 Å². The molecule has 1 rings (SSSR count). The number of carbonyl (C=O) groups is 2. The average Bonchev–Trinajstić information content (AvgIpc) is 2.43. The van der Waals surface area contributed by atoms with Crippen molar-refractivity contribution >= 4 is 40.7 Å². The Hall–Kier alpha value is -1.57. The van der Waals surface area contributed by atoms with Crippen molar-refractivity contribution in [3.05, 3.63) is 39.5 Å². The van der Waals surface area contributed by atoms with E-state index in [9.17, 15) is 9.59 Å². The fourth-order valence-corrected chi connectivity index (χ4v) is 1.92. The number of amides is 1. The fourth-order valence-electron chi connectivity index (χ4n) is 1.56. The van der Waals surface area contributed by atoms with Gasteiger partial charge in [-0.05, 0) is 74.1 Å². The highest BCUT2D eigenvalue weighted by molar-refractivity contribution is 14.1. The molecule has 126 valence electrons. The van der Waals surface area contributed by atoms with Crippen molar-refractivity contribution in [2.75, 3.05) is 6.61 Å². The van der Waals surface area contributed by atoms with Crippen LogP contribution in [0.5, 0.6) is 0 Å². The van der Waals surface area contributed by atoms with Crippen LogP contribution in [0.2, 0.25) is 0 Å². The van der Waals surface area contributed by atoms with Gasteiger partial charge in [-0.3, -0.25) is 0 Å². The van der Waals surface area contributed by atoms with Crippen LogP contribution in [0.3, 0.4) is 0 Å². The first kappa shape index (κ1) is 19.5. The van der Waals surface area contributed by atoms with E-state index in [-0.39, 0.29) is 6.61 Å². The number of hydrogen-bond donors (Lipinski definition) is 1. The van der Waals surface area contributed by atoms with Crippen LogP contribution < -0.4 is 5.32 Å². The number of halogens is 1. The Morgan fingerprint density at radius 2 is 1.87 bits per heavy atom. The lowest BCUT2D eigenvalue weighted by Crippen LogP contribution is -2.42. The van der Waals surface area contributed by atoms with Gasteiger partial charge in [-0.2, -0.15) is 0 Å². The molecule has 0 fully saturated rings. The molecule has 0 aliphatic rings. The number of nitrogens with one attached hydrogen (secondary N) is 1. The van der Waals surface area contributed by atoms with Gasteiger partial charge in [0.05, 0.1) is 0 Å². The third-order valence-electron chi connectivity index (χ3n) is 2.59. The molecule has 23 heavy (non-hydrogen) atoms. The summed E-state index contributed by atoms with van der Waals surface area (Å²) in [5.74, 6) is -0.511. The summed E-state index contributed by atoms with van der Waals surface area (Å²) >= 11 is 2.24. The van der Waals surface area contributed by atoms with E-state index < -0.39 is 23.7 Å². The molecule has 1 aromatic carbocycles. The monoisotopic (exact) mass is 431 g/mol. The summed E-state index contributed by atoms with van der Waals surface area (Å²) in [7, 11) is 0. The lowest BCUT2D eigenvalue weighted by Gasteiger charge is -2.21. The molecule has 1 N–H and O–H groups in total. The van der Waals surface area contributed by atoms with E-state index in [4.69, 9.17) is 9.47 Å². The molecule has 0 heterocycles. The Morgan fingerprint density at radius 3 is 2.43 bits per heavy atom. The molecule has 0 saturated carbocycles. The number of carbonyl (C=O) groups excluding carboxylic acids is 2. The van der Waals surface area contributed by atoms with Crippen LogP contribution in [0.15, 0.2) is 30.3 Å². The summed E-state index contributed by atoms with van der Waals surface area (Å²) in [6.45, 7) is 6.96. The van der Waals surface area contributed by atoms with Crippen LogP contribution in [0.1, 0.15) is 33.3 Å². The Bertz CT molecular complexity index is 561. The van der Waals surface area contributed by atoms with Crippen LogP contribution in [-0.4, -0.2) is 30.3 Å². The molecule has 0 bridgehead atoms. The third-order valence-corrected chi connectivity index (χ3v) is 3.31. The lowest BCUT2D eigenvalue weighted by atomic mass is 10.2. The Labute approximate surface area is 150 Å². The van der Waals surface area contributed by atoms with Gasteiger partial charge in [0.2, 0.25) is 0 Å². The molecule has 5 nitrogen and oxygen atoms in total. The Balaban J connectivity index is 2.35. The second-order valence-electron chi connectivity index (χ2n) is 5.95. The highest BCUT2D eigenvalue weighted by Gasteiger charge is 2.21. The number of rotatable bonds is 5. The largest absolute Gasteiger partial charge is 0.460 e. The van der Waals surface area contributed by atoms with Gasteiger partial charge in [0, 0.05) is 3.57 Å². The quantitative estimate of drug-likeness (QED) is 0.570.